The van der Waals surface area contributed by atoms with Crippen LogP contribution in [0.1, 0.15) is 38.8 Å². The highest BCUT2D eigenvalue weighted by atomic mass is 16.5. The van der Waals surface area contributed by atoms with Crippen molar-refractivity contribution in [3.05, 3.63) is 59.2 Å². The van der Waals surface area contributed by atoms with Crippen LogP contribution in [0.15, 0.2) is 48.0 Å². The predicted molar refractivity (Wildman–Crippen MR) is 102 cm³/mol. The lowest BCUT2D eigenvalue weighted by Gasteiger charge is -2.47. The molecular weight excluding hydrogens is 310 g/mol. The molecule has 25 heavy (non-hydrogen) atoms. The van der Waals surface area contributed by atoms with Crippen molar-refractivity contribution in [3.63, 3.8) is 0 Å². The van der Waals surface area contributed by atoms with Crippen molar-refractivity contribution >= 4 is 11.4 Å². The Hall–Kier alpha value is -2.42. The van der Waals surface area contributed by atoms with Gasteiger partial charge in [-0.15, -0.1) is 0 Å². The van der Waals surface area contributed by atoms with E-state index in [9.17, 15) is 0 Å². The van der Waals surface area contributed by atoms with Gasteiger partial charge in [-0.1, -0.05) is 38.1 Å². The van der Waals surface area contributed by atoms with Crippen LogP contribution in [0, 0.1) is 0 Å². The zero-order valence-corrected chi connectivity index (χ0v) is 15.6. The van der Waals surface area contributed by atoms with Crippen LogP contribution in [0.3, 0.4) is 0 Å². The van der Waals surface area contributed by atoms with E-state index in [1.807, 2.05) is 18.2 Å². The zero-order chi connectivity index (χ0) is 17.8. The minimum atomic E-state index is -0.0874. The van der Waals surface area contributed by atoms with Crippen molar-refractivity contribution in [1.82, 2.24) is 0 Å². The molecule has 0 atom stereocenters. The van der Waals surface area contributed by atoms with E-state index < -0.39 is 0 Å². The molecule has 0 N–H and O–H groups in total. The van der Waals surface area contributed by atoms with Crippen molar-refractivity contribution in [2.24, 2.45) is 0 Å². The fourth-order valence-corrected chi connectivity index (χ4v) is 4.18. The Balaban J connectivity index is 2.07. The lowest BCUT2D eigenvalue weighted by Crippen LogP contribution is -2.42. The molecular formula is C22H25NO2. The third-order valence-corrected chi connectivity index (χ3v) is 5.45. The average molecular weight is 335 g/mol. The molecule has 0 unspecified atom stereocenters. The summed E-state index contributed by atoms with van der Waals surface area (Å²) in [6.45, 7) is 9.68. The van der Waals surface area contributed by atoms with E-state index in [-0.39, 0.29) is 5.41 Å². The Morgan fingerprint density at radius 2 is 1.84 bits per heavy atom. The van der Waals surface area contributed by atoms with Gasteiger partial charge >= 0.3 is 0 Å². The van der Waals surface area contributed by atoms with Crippen LogP contribution in [0.4, 0.5) is 5.69 Å². The molecule has 3 nitrogen and oxygen atoms in total. The van der Waals surface area contributed by atoms with Crippen LogP contribution in [0.2, 0.25) is 0 Å². The molecule has 4 rings (SSSR count). The topological polar surface area (TPSA) is 21.7 Å². The highest BCUT2D eigenvalue weighted by Crippen LogP contribution is 2.53. The Bertz CT molecular complexity index is 864. The summed E-state index contributed by atoms with van der Waals surface area (Å²) in [7, 11) is 1.73. The first kappa shape index (κ1) is 16.1. The molecule has 0 saturated heterocycles. The summed E-state index contributed by atoms with van der Waals surface area (Å²) in [4.78, 5) is 2.44. The number of para-hydroxylation sites is 1. The summed E-state index contributed by atoms with van der Waals surface area (Å²) in [6.07, 6.45) is 0. The number of fused-ring (bicyclic) bond motifs is 3. The molecule has 2 aliphatic heterocycles. The van der Waals surface area contributed by atoms with E-state index in [2.05, 4.69) is 56.9 Å². The zero-order valence-electron chi connectivity index (χ0n) is 15.6. The van der Waals surface area contributed by atoms with Crippen molar-refractivity contribution < 1.29 is 9.47 Å². The molecule has 0 saturated carbocycles. The van der Waals surface area contributed by atoms with Gasteiger partial charge in [0.05, 0.1) is 18.4 Å². The molecule has 2 aromatic carbocycles. The van der Waals surface area contributed by atoms with Gasteiger partial charge < -0.3 is 14.4 Å². The maximum absolute atomic E-state index is 6.15. The molecule has 0 aliphatic carbocycles. The highest BCUT2D eigenvalue weighted by molar-refractivity contribution is 5.93. The monoisotopic (exact) mass is 335 g/mol. The van der Waals surface area contributed by atoms with Gasteiger partial charge in [0.25, 0.3) is 0 Å². The number of rotatable bonds is 2. The minimum Gasteiger partial charge on any atom is -0.496 e. The van der Waals surface area contributed by atoms with Crippen LogP contribution in [0.25, 0.3) is 5.70 Å². The van der Waals surface area contributed by atoms with Gasteiger partial charge in [-0.25, -0.2) is 0 Å². The lowest BCUT2D eigenvalue weighted by atomic mass is 9.71. The van der Waals surface area contributed by atoms with Crippen LogP contribution < -0.4 is 14.4 Å². The summed E-state index contributed by atoms with van der Waals surface area (Å²) in [5, 5.41) is 0. The first-order valence-corrected chi connectivity index (χ1v) is 8.89. The van der Waals surface area contributed by atoms with E-state index in [0.717, 1.165) is 17.1 Å². The van der Waals surface area contributed by atoms with Crippen LogP contribution >= 0.6 is 0 Å². The van der Waals surface area contributed by atoms with Gasteiger partial charge in [-0.3, -0.25) is 0 Å². The summed E-state index contributed by atoms with van der Waals surface area (Å²) < 4.78 is 11.9. The van der Waals surface area contributed by atoms with Gasteiger partial charge in [0, 0.05) is 22.7 Å². The van der Waals surface area contributed by atoms with E-state index in [4.69, 9.17) is 9.47 Å². The van der Waals surface area contributed by atoms with Crippen molar-refractivity contribution in [2.75, 3.05) is 18.6 Å². The number of hydrogen-bond acceptors (Lipinski definition) is 3. The Labute approximate surface area is 149 Å². The molecule has 0 aromatic heterocycles. The minimum absolute atomic E-state index is 0.0874. The standard InChI is InChI=1S/C22H25NO2/c1-14(2)23-17-10-7-6-9-15(17)22(3,4)16-13-25-19-12-8-11-18(24-5)20(19)21(16)23/h6-12,14H,13H2,1-5H3. The number of benzene rings is 2. The van der Waals surface area contributed by atoms with Crippen LogP contribution in [0.5, 0.6) is 11.5 Å². The summed E-state index contributed by atoms with van der Waals surface area (Å²) in [6, 6.07) is 15.1. The second-order valence-corrected chi connectivity index (χ2v) is 7.56. The van der Waals surface area contributed by atoms with Gasteiger partial charge in [0.15, 0.2) is 0 Å². The second-order valence-electron chi connectivity index (χ2n) is 7.56. The van der Waals surface area contributed by atoms with E-state index in [0.29, 0.717) is 12.6 Å². The fraction of sp³-hybridized carbons (Fsp3) is 0.364. The average Bonchev–Trinajstić information content (AvgIpc) is 2.60. The molecule has 2 aliphatic rings. The molecule has 0 amide bonds. The van der Waals surface area contributed by atoms with Gasteiger partial charge in [-0.2, -0.15) is 0 Å². The Morgan fingerprint density at radius 3 is 2.56 bits per heavy atom. The van der Waals surface area contributed by atoms with Crippen molar-refractivity contribution in [1.29, 1.82) is 0 Å². The summed E-state index contributed by atoms with van der Waals surface area (Å²) >= 11 is 0. The SMILES string of the molecule is COc1cccc2c1C1=C(CO2)C(C)(C)c2ccccc2N1C(C)C. The normalized spacial score (nSPS) is 17.6. The molecule has 2 aromatic rings. The Kier molecular flexibility index (Phi) is 3.57. The van der Waals surface area contributed by atoms with E-state index in [1.165, 1.54) is 22.5 Å². The van der Waals surface area contributed by atoms with E-state index in [1.54, 1.807) is 7.11 Å². The third kappa shape index (κ3) is 2.18. The van der Waals surface area contributed by atoms with Gasteiger partial charge in [0.1, 0.15) is 18.1 Å². The van der Waals surface area contributed by atoms with Crippen molar-refractivity contribution in [3.8, 4) is 11.5 Å². The maximum atomic E-state index is 6.15. The number of ether oxygens (including phenoxy) is 2. The Morgan fingerprint density at radius 1 is 1.08 bits per heavy atom. The molecule has 130 valence electrons. The van der Waals surface area contributed by atoms with E-state index >= 15 is 0 Å². The molecule has 0 bridgehead atoms. The molecule has 3 heteroatoms. The number of nitrogens with zero attached hydrogens (tertiary/aromatic N) is 1. The third-order valence-electron chi connectivity index (χ3n) is 5.45. The molecule has 2 heterocycles. The number of anilines is 1. The smallest absolute Gasteiger partial charge is 0.132 e. The number of methoxy groups -OCH3 is 1. The molecule has 0 fully saturated rings. The largest absolute Gasteiger partial charge is 0.496 e. The van der Waals surface area contributed by atoms with Gasteiger partial charge in [-0.05, 0) is 37.6 Å². The first-order valence-electron chi connectivity index (χ1n) is 8.89. The number of hydrogen-bond donors (Lipinski definition) is 0. The van der Waals surface area contributed by atoms with Gasteiger partial charge in [0.2, 0.25) is 0 Å². The first-order chi connectivity index (χ1) is 12.0. The fourth-order valence-electron chi connectivity index (χ4n) is 4.18. The lowest BCUT2D eigenvalue weighted by molar-refractivity contribution is 0.317. The maximum Gasteiger partial charge on any atom is 0.132 e. The highest BCUT2D eigenvalue weighted by Gasteiger charge is 2.43. The second kappa shape index (κ2) is 5.55. The predicted octanol–water partition coefficient (Wildman–Crippen LogP) is 5.00. The molecule has 0 spiro atoms. The summed E-state index contributed by atoms with van der Waals surface area (Å²) in [5.74, 6) is 1.77. The quantitative estimate of drug-likeness (QED) is 0.770. The van der Waals surface area contributed by atoms with Crippen LogP contribution in [-0.4, -0.2) is 19.8 Å². The van der Waals surface area contributed by atoms with Crippen LogP contribution in [-0.2, 0) is 5.41 Å². The summed E-state index contributed by atoms with van der Waals surface area (Å²) in [5.41, 5.74) is 6.18. The molecule has 0 radical (unpaired) electrons. The van der Waals surface area contributed by atoms with Crippen molar-refractivity contribution in [2.45, 2.75) is 39.2 Å².